The van der Waals surface area contributed by atoms with E-state index in [0.29, 0.717) is 0 Å². The van der Waals surface area contributed by atoms with E-state index in [4.69, 9.17) is 9.84 Å². The van der Waals surface area contributed by atoms with Crippen LogP contribution in [0.4, 0.5) is 0 Å². The van der Waals surface area contributed by atoms with Crippen LogP contribution in [0.15, 0.2) is 47.4 Å². The van der Waals surface area contributed by atoms with E-state index in [1.165, 1.54) is 42.5 Å². The molecule has 2 aromatic rings. The van der Waals surface area contributed by atoms with Crippen LogP contribution in [0.1, 0.15) is 0 Å². The summed E-state index contributed by atoms with van der Waals surface area (Å²) in [5.41, 5.74) is 0. The summed E-state index contributed by atoms with van der Waals surface area (Å²) >= 11 is 1.98. The maximum absolute atomic E-state index is 12.5. The van der Waals surface area contributed by atoms with Crippen molar-refractivity contribution < 1.29 is 35.1 Å². The molecule has 0 aromatic heterocycles. The lowest BCUT2D eigenvalue weighted by Gasteiger charge is -2.17. The van der Waals surface area contributed by atoms with E-state index < -0.39 is 23.3 Å². The first-order chi connectivity index (χ1) is 12.4. The quantitative estimate of drug-likeness (QED) is 0.149. The van der Waals surface area contributed by atoms with Gasteiger partial charge < -0.3 is 30.3 Å². The summed E-state index contributed by atoms with van der Waals surface area (Å²) in [6.45, 7) is -0.450. The van der Waals surface area contributed by atoms with Gasteiger partial charge in [0.05, 0.1) is 17.6 Å². The molecule has 0 radical (unpaired) electrons. The number of benzene rings is 2. The highest BCUT2D eigenvalue weighted by Gasteiger charge is 2.25. The highest BCUT2D eigenvalue weighted by atomic mass is 32.2. The van der Waals surface area contributed by atoms with Gasteiger partial charge in [-0.25, -0.2) is 4.79 Å². The third-order valence-electron chi connectivity index (χ3n) is 3.08. The van der Waals surface area contributed by atoms with Crippen molar-refractivity contribution in [3.05, 3.63) is 42.5 Å². The molecular weight excluding hydrogens is 380 g/mol. The Morgan fingerprint density at radius 1 is 1.04 bits per heavy atom. The summed E-state index contributed by atoms with van der Waals surface area (Å²) in [4.78, 5) is 12.8. The number of carbonyl (C=O) groups is 1. The second kappa shape index (κ2) is 9.58. The van der Waals surface area contributed by atoms with Crippen LogP contribution in [0.5, 0.6) is 23.0 Å². The van der Waals surface area contributed by atoms with E-state index in [9.17, 15) is 25.2 Å². The van der Waals surface area contributed by atoms with E-state index in [2.05, 4.69) is 0 Å². The lowest BCUT2D eigenvalue weighted by Crippen LogP contribution is -2.24. The number of esters is 1. The zero-order valence-electron chi connectivity index (χ0n) is 13.5. The summed E-state index contributed by atoms with van der Waals surface area (Å²) in [5.74, 6) is -0.519. The van der Waals surface area contributed by atoms with Crippen molar-refractivity contribution in [3.8, 4) is 23.0 Å². The zero-order chi connectivity index (χ0) is 19.1. The van der Waals surface area contributed by atoms with E-state index in [1.54, 1.807) is 0 Å². The number of hydrogen-bond donors (Lipinski definition) is 5. The van der Waals surface area contributed by atoms with Crippen LogP contribution in [0.2, 0.25) is 0 Å². The molecule has 2 rings (SSSR count). The third-order valence-corrected chi connectivity index (χ3v) is 5.83. The topological polar surface area (TPSA) is 127 Å². The van der Waals surface area contributed by atoms with Gasteiger partial charge in [0.1, 0.15) is 23.0 Å². The molecule has 0 spiro atoms. The summed E-state index contributed by atoms with van der Waals surface area (Å²) in [6.07, 6.45) is -1.01. The highest BCUT2D eigenvalue weighted by molar-refractivity contribution is 8.18. The molecule has 2 aromatic carbocycles. The molecule has 9 heteroatoms. The molecular formula is C17H18O7S2. The second-order valence-electron chi connectivity index (χ2n) is 5.19. The average molecular weight is 398 g/mol. The molecule has 0 aliphatic carbocycles. The Labute approximate surface area is 158 Å². The van der Waals surface area contributed by atoms with Gasteiger partial charge in [-0.1, -0.05) is 11.8 Å². The van der Waals surface area contributed by atoms with Gasteiger partial charge in [-0.15, -0.1) is 11.8 Å². The van der Waals surface area contributed by atoms with Crippen LogP contribution in [-0.2, 0) is 4.79 Å². The molecule has 0 heterocycles. The Hall–Kier alpha value is -2.07. The molecule has 26 heavy (non-hydrogen) atoms. The SMILES string of the molecule is O=C(Oc1ccc(O)cc1)C(SCC(O)CO)Sc1cc(O)ccc1O. The van der Waals surface area contributed by atoms with Gasteiger partial charge in [-0.2, -0.15) is 0 Å². The molecule has 0 saturated carbocycles. The summed E-state index contributed by atoms with van der Waals surface area (Å²) in [5, 5.41) is 47.2. The molecule has 0 aliphatic heterocycles. The normalized spacial score (nSPS) is 13.2. The lowest BCUT2D eigenvalue weighted by atomic mass is 10.3. The molecule has 5 N–H and O–H groups in total. The van der Waals surface area contributed by atoms with Gasteiger partial charge in [0.25, 0.3) is 0 Å². The Kier molecular flexibility index (Phi) is 7.46. The van der Waals surface area contributed by atoms with Crippen LogP contribution in [0.25, 0.3) is 0 Å². The predicted molar refractivity (Wildman–Crippen MR) is 98.7 cm³/mol. The van der Waals surface area contributed by atoms with Crippen molar-refractivity contribution in [3.63, 3.8) is 0 Å². The van der Waals surface area contributed by atoms with Crippen LogP contribution >= 0.6 is 23.5 Å². The fraction of sp³-hybridized carbons (Fsp3) is 0.235. The van der Waals surface area contributed by atoms with Gasteiger partial charge in [0, 0.05) is 5.75 Å². The zero-order valence-corrected chi connectivity index (χ0v) is 15.1. The number of thioether (sulfide) groups is 2. The van der Waals surface area contributed by atoms with Crippen LogP contribution in [-0.4, -0.2) is 54.5 Å². The average Bonchev–Trinajstić information content (AvgIpc) is 2.62. The Morgan fingerprint density at radius 3 is 2.35 bits per heavy atom. The summed E-state index contributed by atoms with van der Waals surface area (Å²) in [7, 11) is 0. The van der Waals surface area contributed by atoms with Gasteiger partial charge >= 0.3 is 5.97 Å². The smallest absolute Gasteiger partial charge is 0.335 e. The first-order valence-electron chi connectivity index (χ1n) is 7.49. The van der Waals surface area contributed by atoms with E-state index >= 15 is 0 Å². The first kappa shape index (κ1) is 20.2. The minimum Gasteiger partial charge on any atom is -0.508 e. The standard InChI is InChI=1S/C17H18O7S2/c18-8-12(21)9-25-17(26-15-7-11(20)3-6-14(15)22)16(23)24-13-4-1-10(19)2-5-13/h1-7,12,17-22H,8-9H2. The number of phenolic OH excluding ortho intramolecular Hbond substituents is 3. The molecule has 0 amide bonds. The molecule has 2 unspecified atom stereocenters. The molecule has 0 saturated heterocycles. The number of aliphatic hydroxyl groups is 2. The number of carbonyl (C=O) groups excluding carboxylic acids is 1. The first-order valence-corrected chi connectivity index (χ1v) is 9.41. The molecule has 140 valence electrons. The van der Waals surface area contributed by atoms with Gasteiger partial charge in [-0.05, 0) is 42.5 Å². The fourth-order valence-electron chi connectivity index (χ4n) is 1.79. The Bertz CT molecular complexity index is 736. The summed E-state index contributed by atoms with van der Waals surface area (Å²) in [6, 6.07) is 9.51. The lowest BCUT2D eigenvalue weighted by molar-refractivity contribution is -0.132. The third kappa shape index (κ3) is 6.03. The second-order valence-corrected chi connectivity index (χ2v) is 7.77. The Balaban J connectivity index is 2.14. The maximum Gasteiger partial charge on any atom is 0.335 e. The monoisotopic (exact) mass is 398 g/mol. The van der Waals surface area contributed by atoms with Crippen molar-refractivity contribution in [2.45, 2.75) is 15.6 Å². The molecule has 0 fully saturated rings. The molecule has 0 bridgehead atoms. The van der Waals surface area contributed by atoms with Crippen LogP contribution in [0, 0.1) is 0 Å². The largest absolute Gasteiger partial charge is 0.508 e. The maximum atomic E-state index is 12.5. The molecule has 2 atom stereocenters. The molecule has 0 aliphatic rings. The number of phenols is 3. The van der Waals surface area contributed by atoms with Gasteiger partial charge in [-0.3, -0.25) is 0 Å². The fourth-order valence-corrected chi connectivity index (χ4v) is 4.05. The minimum atomic E-state index is -1.01. The van der Waals surface area contributed by atoms with Crippen LogP contribution < -0.4 is 4.74 Å². The number of ether oxygens (including phenoxy) is 1. The van der Waals surface area contributed by atoms with E-state index in [-0.39, 0.29) is 33.6 Å². The highest BCUT2D eigenvalue weighted by Crippen LogP contribution is 2.39. The Morgan fingerprint density at radius 2 is 1.69 bits per heavy atom. The van der Waals surface area contributed by atoms with Crippen molar-refractivity contribution in [2.75, 3.05) is 12.4 Å². The van der Waals surface area contributed by atoms with Gasteiger partial charge in [0.15, 0.2) is 4.58 Å². The number of hydrogen-bond acceptors (Lipinski definition) is 9. The number of aromatic hydroxyl groups is 3. The minimum absolute atomic E-state index is 0.0286. The number of aliphatic hydroxyl groups excluding tert-OH is 2. The molecule has 7 nitrogen and oxygen atoms in total. The van der Waals surface area contributed by atoms with Crippen molar-refractivity contribution in [1.29, 1.82) is 0 Å². The van der Waals surface area contributed by atoms with E-state index in [1.807, 2.05) is 0 Å². The van der Waals surface area contributed by atoms with Crippen LogP contribution in [0.3, 0.4) is 0 Å². The van der Waals surface area contributed by atoms with Crippen molar-refractivity contribution in [2.24, 2.45) is 0 Å². The van der Waals surface area contributed by atoms with E-state index in [0.717, 1.165) is 23.5 Å². The number of rotatable bonds is 8. The predicted octanol–water partition coefficient (Wildman–Crippen LogP) is 1.91. The van der Waals surface area contributed by atoms with Crippen molar-refractivity contribution in [1.82, 2.24) is 0 Å². The summed E-state index contributed by atoms with van der Waals surface area (Å²) < 4.78 is 4.38. The van der Waals surface area contributed by atoms with Gasteiger partial charge in [0.2, 0.25) is 0 Å². The van der Waals surface area contributed by atoms with Crippen molar-refractivity contribution >= 4 is 29.5 Å².